The maximum Gasteiger partial charge on any atom is 0.164 e. The van der Waals surface area contributed by atoms with Crippen LogP contribution in [0.15, 0.2) is 200 Å². The van der Waals surface area contributed by atoms with Crippen molar-refractivity contribution >= 4 is 31.5 Å². The summed E-state index contributed by atoms with van der Waals surface area (Å²) in [7, 11) is 0. The molecular formula is C51H33N3S. The Kier molecular flexibility index (Phi) is 8.36. The Morgan fingerprint density at radius 1 is 0.273 bits per heavy atom. The number of benzene rings is 8. The number of fused-ring (bicyclic) bond motifs is 3. The van der Waals surface area contributed by atoms with Gasteiger partial charge in [-0.3, -0.25) is 0 Å². The second-order valence-corrected chi connectivity index (χ2v) is 14.7. The Balaban J connectivity index is 1.06. The minimum atomic E-state index is 0.643. The summed E-state index contributed by atoms with van der Waals surface area (Å²) in [5, 5.41) is 2.36. The molecule has 0 amide bonds. The van der Waals surface area contributed by atoms with Gasteiger partial charge in [0.15, 0.2) is 17.5 Å². The van der Waals surface area contributed by atoms with Gasteiger partial charge in [-0.2, -0.15) is 0 Å². The number of aromatic nitrogens is 3. The summed E-state index contributed by atoms with van der Waals surface area (Å²) in [5.41, 5.74) is 12.4. The van der Waals surface area contributed by atoms with Gasteiger partial charge in [-0.1, -0.05) is 176 Å². The van der Waals surface area contributed by atoms with Crippen LogP contribution in [-0.2, 0) is 0 Å². The average molecular weight is 720 g/mol. The van der Waals surface area contributed by atoms with Crippen LogP contribution in [0.4, 0.5) is 0 Å². The van der Waals surface area contributed by atoms with E-state index < -0.39 is 0 Å². The molecule has 0 aliphatic carbocycles. The Hall–Kier alpha value is -7.01. The second-order valence-electron chi connectivity index (χ2n) is 13.6. The Morgan fingerprint density at radius 2 is 0.673 bits per heavy atom. The van der Waals surface area contributed by atoms with Crippen molar-refractivity contribution in [1.82, 2.24) is 15.0 Å². The van der Waals surface area contributed by atoms with Crippen molar-refractivity contribution in [2.45, 2.75) is 0 Å². The number of rotatable bonds is 7. The summed E-state index contributed by atoms with van der Waals surface area (Å²) in [6.07, 6.45) is 0. The zero-order valence-corrected chi connectivity index (χ0v) is 30.6. The Labute approximate surface area is 323 Å². The number of hydrogen-bond donors (Lipinski definition) is 0. The molecule has 2 heterocycles. The second kappa shape index (κ2) is 14.1. The van der Waals surface area contributed by atoms with Gasteiger partial charge in [0.1, 0.15) is 0 Å². The molecule has 0 spiro atoms. The molecule has 3 nitrogen and oxygen atoms in total. The van der Waals surface area contributed by atoms with Crippen molar-refractivity contribution in [2.24, 2.45) is 0 Å². The number of hydrogen-bond acceptors (Lipinski definition) is 4. The highest BCUT2D eigenvalue weighted by Crippen LogP contribution is 2.42. The van der Waals surface area contributed by atoms with Crippen molar-refractivity contribution in [3.8, 4) is 78.7 Å². The predicted octanol–water partition coefficient (Wildman–Crippen LogP) is 13.9. The molecular weight excluding hydrogens is 687 g/mol. The summed E-state index contributed by atoms with van der Waals surface area (Å²) in [4.78, 5) is 15.4. The lowest BCUT2D eigenvalue weighted by Gasteiger charge is -2.11. The van der Waals surface area contributed by atoms with Gasteiger partial charge >= 0.3 is 0 Å². The van der Waals surface area contributed by atoms with E-state index >= 15 is 0 Å². The summed E-state index contributed by atoms with van der Waals surface area (Å²) in [6.45, 7) is 0. The third kappa shape index (κ3) is 6.39. The minimum absolute atomic E-state index is 0.643. The molecule has 8 aromatic carbocycles. The van der Waals surface area contributed by atoms with Crippen LogP contribution in [0, 0.1) is 0 Å². The van der Waals surface area contributed by atoms with Gasteiger partial charge in [-0.15, -0.1) is 11.3 Å². The maximum absolute atomic E-state index is 5.19. The van der Waals surface area contributed by atoms with Gasteiger partial charge in [0, 0.05) is 36.9 Å². The lowest BCUT2D eigenvalue weighted by Crippen LogP contribution is -2.00. The molecule has 55 heavy (non-hydrogen) atoms. The van der Waals surface area contributed by atoms with Crippen LogP contribution in [-0.4, -0.2) is 15.0 Å². The number of nitrogens with zero attached hydrogens (tertiary/aromatic N) is 3. The molecule has 10 aromatic rings. The van der Waals surface area contributed by atoms with E-state index in [9.17, 15) is 0 Å². The molecule has 0 aliphatic heterocycles. The molecule has 10 rings (SSSR count). The van der Waals surface area contributed by atoms with Gasteiger partial charge in [0.05, 0.1) is 0 Å². The molecule has 2 aromatic heterocycles. The van der Waals surface area contributed by atoms with E-state index in [1.165, 1.54) is 48.2 Å². The fraction of sp³-hybridized carbons (Fsp3) is 0. The fourth-order valence-corrected chi connectivity index (χ4v) is 8.45. The molecule has 0 aliphatic rings. The topological polar surface area (TPSA) is 38.7 Å². The average Bonchev–Trinajstić information content (AvgIpc) is 3.66. The monoisotopic (exact) mass is 719 g/mol. The molecule has 0 fully saturated rings. The van der Waals surface area contributed by atoms with E-state index in [2.05, 4.69) is 176 Å². The van der Waals surface area contributed by atoms with Crippen molar-refractivity contribution in [2.75, 3.05) is 0 Å². The van der Waals surface area contributed by atoms with Gasteiger partial charge in [-0.05, 0) is 68.8 Å². The highest BCUT2D eigenvalue weighted by atomic mass is 32.1. The van der Waals surface area contributed by atoms with Gasteiger partial charge in [0.25, 0.3) is 0 Å². The first kappa shape index (κ1) is 32.6. The first-order valence-corrected chi connectivity index (χ1v) is 19.2. The third-order valence-electron chi connectivity index (χ3n) is 10.2. The fourth-order valence-electron chi connectivity index (χ4n) is 7.34. The van der Waals surface area contributed by atoms with Gasteiger partial charge in [0.2, 0.25) is 0 Å². The first-order valence-electron chi connectivity index (χ1n) is 18.4. The molecule has 0 unspecified atom stereocenters. The summed E-state index contributed by atoms with van der Waals surface area (Å²) >= 11 is 1.80. The predicted molar refractivity (Wildman–Crippen MR) is 231 cm³/mol. The maximum atomic E-state index is 5.19. The SMILES string of the molecule is c1ccc(-c2ccc(-c3ccc(-c4nc(-c5ccccc5)nc(-c5cccc6sc7ccc(-c8cccc(-c9ccccc9)c8)cc7c56)n4)cc3)cc2)cc1. The molecule has 0 bridgehead atoms. The normalized spacial score (nSPS) is 11.3. The highest BCUT2D eigenvalue weighted by molar-refractivity contribution is 7.26. The molecule has 0 saturated carbocycles. The molecule has 4 heteroatoms. The molecule has 0 N–H and O–H groups in total. The van der Waals surface area contributed by atoms with Crippen molar-refractivity contribution < 1.29 is 0 Å². The van der Waals surface area contributed by atoms with Crippen LogP contribution in [0.3, 0.4) is 0 Å². The van der Waals surface area contributed by atoms with E-state index in [0.717, 1.165) is 33.2 Å². The largest absolute Gasteiger partial charge is 0.208 e. The van der Waals surface area contributed by atoms with Gasteiger partial charge in [-0.25, -0.2) is 15.0 Å². The Bertz CT molecular complexity index is 2940. The van der Waals surface area contributed by atoms with Crippen molar-refractivity contribution in [3.63, 3.8) is 0 Å². The quantitative estimate of drug-likeness (QED) is 0.165. The van der Waals surface area contributed by atoms with E-state index in [1.54, 1.807) is 11.3 Å². The summed E-state index contributed by atoms with van der Waals surface area (Å²) in [5.74, 6) is 1.95. The molecule has 0 saturated heterocycles. The van der Waals surface area contributed by atoms with E-state index in [4.69, 9.17) is 15.0 Å². The number of thiophene rings is 1. The van der Waals surface area contributed by atoms with Crippen LogP contribution >= 0.6 is 11.3 Å². The smallest absolute Gasteiger partial charge is 0.164 e. The zero-order chi connectivity index (χ0) is 36.6. The third-order valence-corrected chi connectivity index (χ3v) is 11.3. The Morgan fingerprint density at radius 3 is 1.27 bits per heavy atom. The van der Waals surface area contributed by atoms with Crippen LogP contribution in [0.2, 0.25) is 0 Å². The molecule has 0 atom stereocenters. The first-order chi connectivity index (χ1) is 27.2. The standard InChI is InChI=1S/C51H33N3S/c1-4-12-34(13-5-1)36-22-24-37(25-23-36)38-26-28-40(29-27-38)50-52-49(39-16-8-3-9-17-39)53-51(54-50)44-20-11-21-47-48(44)45-33-43(30-31-46(45)55-47)42-19-10-18-41(32-42)35-14-6-2-7-15-35/h1-33H. The highest BCUT2D eigenvalue weighted by Gasteiger charge is 2.18. The van der Waals surface area contributed by atoms with Crippen molar-refractivity contribution in [3.05, 3.63) is 200 Å². The van der Waals surface area contributed by atoms with Crippen LogP contribution < -0.4 is 0 Å². The minimum Gasteiger partial charge on any atom is -0.208 e. The van der Waals surface area contributed by atoms with Gasteiger partial charge < -0.3 is 0 Å². The van der Waals surface area contributed by atoms with Crippen LogP contribution in [0.25, 0.3) is 98.8 Å². The lowest BCUT2D eigenvalue weighted by atomic mass is 9.97. The van der Waals surface area contributed by atoms with Crippen LogP contribution in [0.1, 0.15) is 0 Å². The zero-order valence-electron chi connectivity index (χ0n) is 29.8. The lowest BCUT2D eigenvalue weighted by molar-refractivity contribution is 1.08. The summed E-state index contributed by atoms with van der Waals surface area (Å²) < 4.78 is 2.43. The molecule has 0 radical (unpaired) electrons. The van der Waals surface area contributed by atoms with E-state index in [1.807, 2.05) is 24.3 Å². The summed E-state index contributed by atoms with van der Waals surface area (Å²) in [6, 6.07) is 70.5. The van der Waals surface area contributed by atoms with Crippen molar-refractivity contribution in [1.29, 1.82) is 0 Å². The van der Waals surface area contributed by atoms with Crippen LogP contribution in [0.5, 0.6) is 0 Å². The van der Waals surface area contributed by atoms with E-state index in [0.29, 0.717) is 17.5 Å². The van der Waals surface area contributed by atoms with E-state index in [-0.39, 0.29) is 0 Å². The molecule has 258 valence electrons.